The van der Waals surface area contributed by atoms with Gasteiger partial charge in [0.25, 0.3) is 11.8 Å². The summed E-state index contributed by atoms with van der Waals surface area (Å²) in [6.45, 7) is 8.39. The number of nitrogens with one attached hydrogen (secondary N) is 1. The SMILES string of the molecule is CC(N)c1cc(C(=O)N(C)C)cc2c(=O)cc(N3CCOCC3)oc12.CC(Nc1cc(F)cc(C#N)c1)c1cc(C(=O)N(C)C)cc2c(=O)cc(N3CCOCC3)oc12. The number of ether oxygens (including phenoxy) is 2. The number of rotatable bonds is 8. The van der Waals surface area contributed by atoms with Gasteiger partial charge in [-0.2, -0.15) is 5.26 Å². The molecule has 2 aromatic heterocycles. The van der Waals surface area contributed by atoms with E-state index >= 15 is 0 Å². The summed E-state index contributed by atoms with van der Waals surface area (Å²) in [6.07, 6.45) is 0. The Kier molecular flexibility index (Phi) is 13.0. The Morgan fingerprint density at radius 2 is 1.19 bits per heavy atom. The molecule has 3 N–H and O–H groups in total. The Bertz CT molecular complexity index is 2530. The van der Waals surface area contributed by atoms with Gasteiger partial charge >= 0.3 is 0 Å². The number of halogens is 1. The van der Waals surface area contributed by atoms with Crippen LogP contribution in [-0.4, -0.2) is 102 Å². The Morgan fingerprint density at radius 3 is 1.63 bits per heavy atom. The van der Waals surface area contributed by atoms with E-state index in [9.17, 15) is 23.6 Å². The average molecular weight is 810 g/mol. The summed E-state index contributed by atoms with van der Waals surface area (Å²) in [5.41, 5.74) is 8.99. The smallest absolute Gasteiger partial charge is 0.253 e. The minimum Gasteiger partial charge on any atom is -0.440 e. The zero-order valence-corrected chi connectivity index (χ0v) is 34.0. The monoisotopic (exact) mass is 809 g/mol. The predicted molar refractivity (Wildman–Crippen MR) is 223 cm³/mol. The van der Waals surface area contributed by atoms with E-state index in [0.717, 1.165) is 6.07 Å². The lowest BCUT2D eigenvalue weighted by molar-refractivity contribution is 0.0820. The molecule has 4 heterocycles. The first-order chi connectivity index (χ1) is 28.1. The van der Waals surface area contributed by atoms with Crippen LogP contribution in [0.3, 0.4) is 0 Å². The normalized spacial score (nSPS) is 15.2. The number of morpholine rings is 2. The molecule has 3 aromatic carbocycles. The van der Waals surface area contributed by atoms with Crippen LogP contribution in [0.2, 0.25) is 0 Å². The Balaban J connectivity index is 0.000000208. The number of nitrogens with two attached hydrogens (primary N) is 1. The van der Waals surface area contributed by atoms with E-state index in [1.165, 1.54) is 34.1 Å². The van der Waals surface area contributed by atoms with Crippen molar-refractivity contribution in [2.24, 2.45) is 5.73 Å². The van der Waals surface area contributed by atoms with Gasteiger partial charge in [0, 0.05) is 100 Å². The first-order valence-electron chi connectivity index (χ1n) is 19.2. The summed E-state index contributed by atoms with van der Waals surface area (Å²) >= 11 is 0. The van der Waals surface area contributed by atoms with Gasteiger partial charge in [0.1, 0.15) is 17.0 Å². The summed E-state index contributed by atoms with van der Waals surface area (Å²) in [4.78, 5) is 57.7. The summed E-state index contributed by atoms with van der Waals surface area (Å²) in [7, 11) is 6.60. The second-order valence-electron chi connectivity index (χ2n) is 14.9. The van der Waals surface area contributed by atoms with E-state index in [1.54, 1.807) is 59.4 Å². The maximum absolute atomic E-state index is 14.0. The van der Waals surface area contributed by atoms with Gasteiger partial charge in [-0.25, -0.2) is 4.39 Å². The maximum atomic E-state index is 14.0. The number of amides is 2. The molecule has 310 valence electrons. The summed E-state index contributed by atoms with van der Waals surface area (Å²) in [6, 6.07) is 14.5. The minimum atomic E-state index is -0.545. The number of carbonyl (C=O) groups is 2. The number of anilines is 3. The van der Waals surface area contributed by atoms with Gasteiger partial charge < -0.3 is 49.0 Å². The molecular formula is C43H48FN7O8. The van der Waals surface area contributed by atoms with Crippen molar-refractivity contribution in [3.8, 4) is 6.07 Å². The Hall–Kier alpha value is -6.28. The van der Waals surface area contributed by atoms with Crippen LogP contribution in [0.1, 0.15) is 63.3 Å². The average Bonchev–Trinajstić information content (AvgIpc) is 3.22. The van der Waals surface area contributed by atoms with Gasteiger partial charge in [0.2, 0.25) is 0 Å². The lowest BCUT2D eigenvalue weighted by Gasteiger charge is -2.27. The molecule has 2 aliphatic rings. The maximum Gasteiger partial charge on any atom is 0.253 e. The van der Waals surface area contributed by atoms with Gasteiger partial charge in [-0.1, -0.05) is 0 Å². The number of benzene rings is 3. The highest BCUT2D eigenvalue weighted by Crippen LogP contribution is 2.32. The number of hydrogen-bond donors (Lipinski definition) is 2. The van der Waals surface area contributed by atoms with Crippen molar-refractivity contribution >= 4 is 51.2 Å². The fourth-order valence-electron chi connectivity index (χ4n) is 6.91. The molecule has 2 atom stereocenters. The zero-order valence-electron chi connectivity index (χ0n) is 34.0. The molecule has 5 aromatic rings. The second-order valence-corrected chi connectivity index (χ2v) is 14.9. The van der Waals surface area contributed by atoms with Crippen LogP contribution in [0, 0.1) is 17.1 Å². The fraction of sp³-hybridized carbons (Fsp3) is 0.372. The predicted octanol–water partition coefficient (Wildman–Crippen LogP) is 4.87. The van der Waals surface area contributed by atoms with Crippen LogP contribution in [0.5, 0.6) is 0 Å². The third-order valence-electron chi connectivity index (χ3n) is 10.0. The molecule has 2 aliphatic heterocycles. The number of hydrogen-bond acceptors (Lipinski definition) is 13. The van der Waals surface area contributed by atoms with Crippen LogP contribution in [0.15, 0.2) is 73.0 Å². The fourth-order valence-corrected chi connectivity index (χ4v) is 6.91. The standard InChI is InChI=1S/C25H25FN4O4.C18H23N3O4/c1-15(28-19-9-16(14-27)8-18(26)12-19)20-10-17(25(32)29(2)3)11-21-22(31)13-23(34-24(20)21)30-4-6-33-7-5-30;1-11(19)13-8-12(18(23)20(2)3)9-14-15(22)10-16(25-17(13)14)21-4-6-24-7-5-21/h8-13,15,28H,4-7H2,1-3H3;8-11H,4-7,19H2,1-3H3. The van der Waals surface area contributed by atoms with Crippen molar-refractivity contribution in [1.82, 2.24) is 9.80 Å². The van der Waals surface area contributed by atoms with Crippen LogP contribution in [-0.2, 0) is 9.47 Å². The van der Waals surface area contributed by atoms with Crippen molar-refractivity contribution < 1.29 is 32.3 Å². The molecule has 16 heteroatoms. The van der Waals surface area contributed by atoms with Crippen molar-refractivity contribution in [3.63, 3.8) is 0 Å². The van der Waals surface area contributed by atoms with Crippen LogP contribution >= 0.6 is 0 Å². The molecule has 15 nitrogen and oxygen atoms in total. The molecule has 2 amide bonds. The lowest BCUT2D eigenvalue weighted by Crippen LogP contribution is -2.36. The lowest BCUT2D eigenvalue weighted by atomic mass is 9.99. The van der Waals surface area contributed by atoms with Crippen LogP contribution < -0.4 is 31.7 Å². The van der Waals surface area contributed by atoms with E-state index in [-0.39, 0.29) is 39.7 Å². The summed E-state index contributed by atoms with van der Waals surface area (Å²) < 4.78 is 37.0. The Morgan fingerprint density at radius 1 is 0.729 bits per heavy atom. The first-order valence-corrected chi connectivity index (χ1v) is 19.2. The number of carbonyl (C=O) groups excluding carboxylic acids is 2. The third-order valence-corrected chi connectivity index (χ3v) is 10.0. The Labute approximate surface area is 340 Å². The molecular weight excluding hydrogens is 762 g/mol. The number of nitriles is 1. The quantitative estimate of drug-likeness (QED) is 0.217. The molecule has 0 saturated carbocycles. The van der Waals surface area contributed by atoms with E-state index in [1.807, 2.05) is 22.8 Å². The summed E-state index contributed by atoms with van der Waals surface area (Å²) in [5.74, 6) is -0.0471. The molecule has 0 aliphatic carbocycles. The topological polar surface area (TPSA) is 188 Å². The van der Waals surface area contributed by atoms with Crippen molar-refractivity contribution in [1.29, 1.82) is 5.26 Å². The van der Waals surface area contributed by atoms with Gasteiger partial charge in [0.05, 0.1) is 54.9 Å². The van der Waals surface area contributed by atoms with Crippen LogP contribution in [0.25, 0.3) is 21.9 Å². The summed E-state index contributed by atoms with van der Waals surface area (Å²) in [5, 5.41) is 13.0. The molecule has 2 saturated heterocycles. The highest BCUT2D eigenvalue weighted by atomic mass is 19.1. The largest absolute Gasteiger partial charge is 0.440 e. The van der Waals surface area contributed by atoms with Crippen molar-refractivity contribution in [2.45, 2.75) is 25.9 Å². The molecule has 2 unspecified atom stereocenters. The molecule has 59 heavy (non-hydrogen) atoms. The minimum absolute atomic E-state index is 0.178. The second kappa shape index (κ2) is 18.1. The highest BCUT2D eigenvalue weighted by Gasteiger charge is 2.24. The molecule has 0 spiro atoms. The number of fused-ring (bicyclic) bond motifs is 2. The first kappa shape index (κ1) is 42.3. The molecule has 0 radical (unpaired) electrons. The molecule has 7 rings (SSSR count). The van der Waals surface area contributed by atoms with Gasteiger partial charge in [-0.05, 0) is 56.3 Å². The third kappa shape index (κ3) is 9.55. The van der Waals surface area contributed by atoms with Crippen molar-refractivity contribution in [3.05, 3.63) is 109 Å². The molecule has 2 fully saturated rings. The van der Waals surface area contributed by atoms with Gasteiger partial charge in [-0.15, -0.1) is 0 Å². The van der Waals surface area contributed by atoms with E-state index in [4.69, 9.17) is 29.3 Å². The van der Waals surface area contributed by atoms with Crippen LogP contribution in [0.4, 0.5) is 21.8 Å². The number of nitrogens with zero attached hydrogens (tertiary/aromatic N) is 5. The van der Waals surface area contributed by atoms with Crippen molar-refractivity contribution in [2.75, 3.05) is 95.9 Å². The molecule has 0 bridgehead atoms. The zero-order chi connectivity index (χ0) is 42.5. The van der Waals surface area contributed by atoms with Gasteiger partial charge in [0.15, 0.2) is 22.6 Å². The highest BCUT2D eigenvalue weighted by molar-refractivity contribution is 5.99. The van der Waals surface area contributed by atoms with E-state index in [0.29, 0.717) is 109 Å². The van der Waals surface area contributed by atoms with Gasteiger partial charge in [-0.3, -0.25) is 19.2 Å². The van der Waals surface area contributed by atoms with E-state index < -0.39 is 11.9 Å². The van der Waals surface area contributed by atoms with E-state index in [2.05, 4.69) is 5.32 Å².